The summed E-state index contributed by atoms with van der Waals surface area (Å²) in [6, 6.07) is 9.71. The van der Waals surface area contributed by atoms with E-state index in [2.05, 4.69) is 0 Å². The lowest BCUT2D eigenvalue weighted by molar-refractivity contribution is 0.270. The topological polar surface area (TPSA) is 40.5 Å². The summed E-state index contributed by atoms with van der Waals surface area (Å²) in [6.07, 6.45) is 0. The van der Waals surface area contributed by atoms with Crippen LogP contribution in [-0.2, 0) is 10.8 Å². The maximum atomic E-state index is 11.2. The second-order valence-electron chi connectivity index (χ2n) is 3.02. The van der Waals surface area contributed by atoms with E-state index in [1.807, 2.05) is 35.2 Å². The van der Waals surface area contributed by atoms with E-state index in [4.69, 9.17) is 0 Å². The molecule has 0 radical (unpaired) electrons. The van der Waals surface area contributed by atoms with E-state index in [0.29, 0.717) is 12.4 Å². The van der Waals surface area contributed by atoms with Crippen molar-refractivity contribution in [3.8, 4) is 0 Å². The Labute approximate surface area is 79.4 Å². The minimum Gasteiger partial charge on any atom is -0.378 e. The molecule has 0 spiro atoms. The van der Waals surface area contributed by atoms with Gasteiger partial charge in [0.05, 0.1) is 23.2 Å². The van der Waals surface area contributed by atoms with Crippen molar-refractivity contribution in [2.75, 3.05) is 17.3 Å². The predicted molar refractivity (Wildman–Crippen MR) is 52.8 cm³/mol. The van der Waals surface area contributed by atoms with Crippen LogP contribution in [0.15, 0.2) is 30.3 Å². The van der Waals surface area contributed by atoms with Crippen LogP contribution in [0, 0.1) is 0 Å². The molecule has 1 fully saturated rings. The molecular weight excluding hydrogens is 186 g/mol. The Balaban J connectivity index is 2.17. The third kappa shape index (κ3) is 1.73. The standard InChI is InChI=1S/C9H11NO2S/c11-9-6-10(7-13(9)12)8-4-2-1-3-5-8/h1-5,9,11H,6-7H2. The molecule has 0 bridgehead atoms. The average molecular weight is 197 g/mol. The Hall–Kier alpha value is -0.870. The molecule has 70 valence electrons. The highest BCUT2D eigenvalue weighted by molar-refractivity contribution is 7.85. The van der Waals surface area contributed by atoms with Crippen LogP contribution in [0.2, 0.25) is 0 Å². The fourth-order valence-electron chi connectivity index (χ4n) is 1.38. The summed E-state index contributed by atoms with van der Waals surface area (Å²) in [5.74, 6) is 0.436. The molecule has 1 aliphatic heterocycles. The number of nitrogens with zero attached hydrogens (tertiary/aromatic N) is 1. The summed E-state index contributed by atoms with van der Waals surface area (Å²) in [5.41, 5.74) is 0.326. The van der Waals surface area contributed by atoms with Gasteiger partial charge in [-0.25, -0.2) is 0 Å². The highest BCUT2D eigenvalue weighted by atomic mass is 32.2. The van der Waals surface area contributed by atoms with E-state index in [1.165, 1.54) is 0 Å². The van der Waals surface area contributed by atoms with Crippen LogP contribution in [0.4, 0.5) is 5.69 Å². The number of anilines is 1. The Morgan fingerprint density at radius 1 is 1.38 bits per heavy atom. The molecule has 1 heterocycles. The molecule has 1 aromatic carbocycles. The lowest BCUT2D eigenvalue weighted by Gasteiger charge is -2.15. The number of hydrogen-bond donors (Lipinski definition) is 1. The molecule has 2 atom stereocenters. The molecular formula is C9H11NO2S. The summed E-state index contributed by atoms with van der Waals surface area (Å²) in [7, 11) is -1.12. The Morgan fingerprint density at radius 3 is 2.62 bits per heavy atom. The van der Waals surface area contributed by atoms with Crippen LogP contribution in [0.1, 0.15) is 0 Å². The summed E-state index contributed by atoms with van der Waals surface area (Å²) >= 11 is 0. The fourth-order valence-corrected chi connectivity index (χ4v) is 2.46. The van der Waals surface area contributed by atoms with Crippen molar-refractivity contribution >= 4 is 16.5 Å². The maximum absolute atomic E-state index is 11.2. The SMILES string of the molecule is O=S1CN(c2ccccc2)CC1O. The van der Waals surface area contributed by atoms with Gasteiger partial charge in [0.25, 0.3) is 0 Å². The zero-order valence-corrected chi connectivity index (χ0v) is 7.91. The first-order valence-electron chi connectivity index (χ1n) is 4.12. The van der Waals surface area contributed by atoms with Crippen molar-refractivity contribution in [2.45, 2.75) is 5.44 Å². The van der Waals surface area contributed by atoms with E-state index in [9.17, 15) is 9.32 Å². The van der Waals surface area contributed by atoms with Crippen LogP contribution in [0.5, 0.6) is 0 Å². The molecule has 3 nitrogen and oxygen atoms in total. The van der Waals surface area contributed by atoms with Gasteiger partial charge in [-0.2, -0.15) is 0 Å². The number of β-amino-alcohol motifs (C(OH)–C–C–N with tert-alkyl or cyclic N) is 1. The van der Waals surface area contributed by atoms with Gasteiger partial charge < -0.3 is 10.0 Å². The smallest absolute Gasteiger partial charge is 0.148 e. The summed E-state index contributed by atoms with van der Waals surface area (Å²) < 4.78 is 11.2. The largest absolute Gasteiger partial charge is 0.378 e. The van der Waals surface area contributed by atoms with Crippen LogP contribution >= 0.6 is 0 Å². The van der Waals surface area contributed by atoms with Gasteiger partial charge in [0.15, 0.2) is 0 Å². The molecule has 0 amide bonds. The first kappa shape index (κ1) is 8.72. The molecule has 1 aromatic rings. The Bertz CT molecular complexity index is 315. The van der Waals surface area contributed by atoms with Gasteiger partial charge in [0.2, 0.25) is 0 Å². The monoisotopic (exact) mass is 197 g/mol. The van der Waals surface area contributed by atoms with Gasteiger partial charge in [0.1, 0.15) is 5.44 Å². The highest BCUT2D eigenvalue weighted by Crippen LogP contribution is 2.19. The number of benzene rings is 1. The van der Waals surface area contributed by atoms with Crippen LogP contribution in [0.3, 0.4) is 0 Å². The zero-order valence-electron chi connectivity index (χ0n) is 7.09. The summed E-state index contributed by atoms with van der Waals surface area (Å²) in [4.78, 5) is 1.93. The van der Waals surface area contributed by atoms with Crippen molar-refractivity contribution < 1.29 is 9.32 Å². The van der Waals surface area contributed by atoms with E-state index < -0.39 is 16.2 Å². The molecule has 1 saturated heterocycles. The second kappa shape index (κ2) is 3.47. The average Bonchev–Trinajstić information content (AvgIpc) is 2.49. The van der Waals surface area contributed by atoms with Gasteiger partial charge in [-0.05, 0) is 12.1 Å². The third-order valence-electron chi connectivity index (χ3n) is 2.08. The minimum atomic E-state index is -1.12. The maximum Gasteiger partial charge on any atom is 0.148 e. The van der Waals surface area contributed by atoms with E-state index in [1.54, 1.807) is 0 Å². The second-order valence-corrected chi connectivity index (χ2v) is 4.59. The van der Waals surface area contributed by atoms with Crippen molar-refractivity contribution in [1.82, 2.24) is 0 Å². The number of hydrogen-bond acceptors (Lipinski definition) is 3. The molecule has 1 aliphatic rings. The van der Waals surface area contributed by atoms with Crippen molar-refractivity contribution in [1.29, 1.82) is 0 Å². The molecule has 0 aromatic heterocycles. The van der Waals surface area contributed by atoms with Gasteiger partial charge in [-0.15, -0.1) is 0 Å². The van der Waals surface area contributed by atoms with Gasteiger partial charge in [-0.1, -0.05) is 18.2 Å². The number of para-hydroxylation sites is 1. The van der Waals surface area contributed by atoms with E-state index >= 15 is 0 Å². The normalized spacial score (nSPS) is 27.9. The molecule has 2 unspecified atom stereocenters. The highest BCUT2D eigenvalue weighted by Gasteiger charge is 2.27. The fraction of sp³-hybridized carbons (Fsp3) is 0.333. The Kier molecular flexibility index (Phi) is 2.33. The van der Waals surface area contributed by atoms with E-state index in [0.717, 1.165) is 5.69 Å². The molecule has 0 aliphatic carbocycles. The lowest BCUT2D eigenvalue weighted by Crippen LogP contribution is -2.20. The summed E-state index contributed by atoms with van der Waals surface area (Å²) in [5, 5.41) is 9.29. The van der Waals surface area contributed by atoms with Crippen molar-refractivity contribution in [3.63, 3.8) is 0 Å². The zero-order chi connectivity index (χ0) is 9.26. The quantitative estimate of drug-likeness (QED) is 0.714. The molecule has 13 heavy (non-hydrogen) atoms. The number of rotatable bonds is 1. The molecule has 0 saturated carbocycles. The van der Waals surface area contributed by atoms with Crippen molar-refractivity contribution in [3.05, 3.63) is 30.3 Å². The molecule has 4 heteroatoms. The number of aliphatic hydroxyl groups excluding tert-OH is 1. The van der Waals surface area contributed by atoms with Crippen LogP contribution in [-0.4, -0.2) is 27.2 Å². The van der Waals surface area contributed by atoms with Gasteiger partial charge in [0, 0.05) is 5.69 Å². The first-order valence-corrected chi connectivity index (χ1v) is 5.51. The lowest BCUT2D eigenvalue weighted by atomic mass is 10.3. The van der Waals surface area contributed by atoms with Crippen LogP contribution in [0.25, 0.3) is 0 Å². The van der Waals surface area contributed by atoms with Gasteiger partial charge in [-0.3, -0.25) is 4.21 Å². The molecule has 2 rings (SSSR count). The minimum absolute atomic E-state index is 0.436. The number of aliphatic hydroxyl groups is 1. The van der Waals surface area contributed by atoms with Crippen LogP contribution < -0.4 is 4.90 Å². The predicted octanol–water partition coefficient (Wildman–Crippen LogP) is 0.531. The first-order chi connectivity index (χ1) is 6.27. The molecule has 1 N–H and O–H groups in total. The van der Waals surface area contributed by atoms with E-state index in [-0.39, 0.29) is 0 Å². The third-order valence-corrected chi connectivity index (χ3v) is 3.41. The van der Waals surface area contributed by atoms with Gasteiger partial charge >= 0.3 is 0 Å². The summed E-state index contributed by atoms with van der Waals surface area (Å²) in [6.45, 7) is 0.469. The van der Waals surface area contributed by atoms with Crippen molar-refractivity contribution in [2.24, 2.45) is 0 Å². The Morgan fingerprint density at radius 2 is 2.08 bits per heavy atom.